The number of carbonyl (C=O) groups is 1. The molecule has 2 aromatic rings. The zero-order chi connectivity index (χ0) is 16.9. The van der Waals surface area contributed by atoms with Crippen molar-refractivity contribution in [1.82, 2.24) is 15.1 Å². The molecule has 2 unspecified atom stereocenters. The molecule has 1 saturated heterocycles. The minimum absolute atomic E-state index is 0.193. The summed E-state index contributed by atoms with van der Waals surface area (Å²) in [6.07, 6.45) is 2.85. The first-order valence-corrected chi connectivity index (χ1v) is 9.90. The molecule has 1 amide bonds. The third kappa shape index (κ3) is 4.73. The number of likely N-dealkylation sites (tertiary alicyclic amines) is 1. The Kier molecular flexibility index (Phi) is 5.78. The minimum Gasteiger partial charge on any atom is -0.467 e. The smallest absolute Gasteiger partial charge is 0.233 e. The highest BCUT2D eigenvalue weighted by molar-refractivity contribution is 8.01. The van der Waals surface area contributed by atoms with E-state index in [-0.39, 0.29) is 5.91 Å². The zero-order valence-electron chi connectivity index (χ0n) is 13.9. The van der Waals surface area contributed by atoms with E-state index in [1.165, 1.54) is 29.5 Å². The molecule has 2 aromatic heterocycles. The third-order valence-corrected chi connectivity index (χ3v) is 5.94. The molecule has 6 nitrogen and oxygen atoms in total. The predicted molar refractivity (Wildman–Crippen MR) is 96.2 cm³/mol. The van der Waals surface area contributed by atoms with Crippen LogP contribution in [0.5, 0.6) is 0 Å². The normalized spacial score (nSPS) is 21.0. The maximum absolute atomic E-state index is 12.4. The first kappa shape index (κ1) is 17.3. The second-order valence-electron chi connectivity index (χ2n) is 6.34. The van der Waals surface area contributed by atoms with Gasteiger partial charge >= 0.3 is 0 Å². The van der Waals surface area contributed by atoms with Gasteiger partial charge in [-0.15, -0.1) is 10.2 Å². The van der Waals surface area contributed by atoms with E-state index in [2.05, 4.69) is 29.4 Å². The summed E-state index contributed by atoms with van der Waals surface area (Å²) >= 11 is 2.92. The van der Waals surface area contributed by atoms with Crippen molar-refractivity contribution in [2.75, 3.05) is 24.2 Å². The molecule has 1 aliphatic rings. The Bertz CT molecular complexity index is 649. The van der Waals surface area contributed by atoms with E-state index in [4.69, 9.17) is 4.42 Å². The largest absolute Gasteiger partial charge is 0.467 e. The van der Waals surface area contributed by atoms with Crippen LogP contribution in [0.3, 0.4) is 0 Å². The summed E-state index contributed by atoms with van der Waals surface area (Å²) in [6.45, 7) is 6.75. The molecule has 0 spiro atoms. The summed E-state index contributed by atoms with van der Waals surface area (Å²) in [5.41, 5.74) is 0. The molecule has 24 heavy (non-hydrogen) atoms. The van der Waals surface area contributed by atoms with Crippen LogP contribution in [0.15, 0.2) is 27.2 Å². The van der Waals surface area contributed by atoms with Gasteiger partial charge in [-0.25, -0.2) is 0 Å². The summed E-state index contributed by atoms with van der Waals surface area (Å²) in [5.74, 6) is 2.64. The Hall–Kier alpha value is -1.54. The van der Waals surface area contributed by atoms with E-state index in [9.17, 15) is 4.79 Å². The fourth-order valence-corrected chi connectivity index (χ4v) is 4.65. The van der Waals surface area contributed by atoms with E-state index in [0.29, 0.717) is 24.1 Å². The van der Waals surface area contributed by atoms with E-state index in [1.807, 2.05) is 17.0 Å². The van der Waals surface area contributed by atoms with Crippen LogP contribution >= 0.6 is 23.1 Å². The van der Waals surface area contributed by atoms with Crippen LogP contribution in [0.4, 0.5) is 5.13 Å². The number of furan rings is 1. The lowest BCUT2D eigenvalue weighted by molar-refractivity contribution is -0.130. The molecule has 1 aliphatic heterocycles. The molecule has 130 valence electrons. The number of nitrogens with zero attached hydrogens (tertiary/aromatic N) is 3. The molecule has 0 bridgehead atoms. The predicted octanol–water partition coefficient (Wildman–Crippen LogP) is 3.34. The van der Waals surface area contributed by atoms with Gasteiger partial charge in [0.2, 0.25) is 11.0 Å². The van der Waals surface area contributed by atoms with Crippen molar-refractivity contribution in [2.45, 2.75) is 31.2 Å². The van der Waals surface area contributed by atoms with Gasteiger partial charge in [0.25, 0.3) is 0 Å². The van der Waals surface area contributed by atoms with Crippen molar-refractivity contribution in [1.29, 1.82) is 0 Å². The average Bonchev–Trinajstić information content (AvgIpc) is 3.21. The Morgan fingerprint density at radius 1 is 1.42 bits per heavy atom. The second-order valence-corrected chi connectivity index (χ2v) is 8.54. The number of nitrogens with one attached hydrogen (secondary N) is 1. The molecule has 1 N–H and O–H groups in total. The topological polar surface area (TPSA) is 71.3 Å². The molecule has 0 saturated carbocycles. The number of amides is 1. The highest BCUT2D eigenvalue weighted by atomic mass is 32.2. The Balaban J connectivity index is 1.45. The second kappa shape index (κ2) is 8.02. The Labute approximate surface area is 150 Å². The number of hydrogen-bond donors (Lipinski definition) is 1. The van der Waals surface area contributed by atoms with E-state index < -0.39 is 0 Å². The number of hydrogen-bond acceptors (Lipinski definition) is 7. The van der Waals surface area contributed by atoms with Crippen molar-refractivity contribution in [3.05, 3.63) is 24.2 Å². The monoisotopic (exact) mass is 366 g/mol. The van der Waals surface area contributed by atoms with Crippen LogP contribution in [0.25, 0.3) is 0 Å². The summed E-state index contributed by atoms with van der Waals surface area (Å²) in [7, 11) is 0. The van der Waals surface area contributed by atoms with Gasteiger partial charge in [-0.2, -0.15) is 0 Å². The molecule has 0 aromatic carbocycles. The van der Waals surface area contributed by atoms with Gasteiger partial charge in [0.15, 0.2) is 4.34 Å². The van der Waals surface area contributed by atoms with Gasteiger partial charge in [0.05, 0.1) is 18.6 Å². The lowest BCUT2D eigenvalue weighted by Gasteiger charge is -2.34. The molecule has 2 atom stereocenters. The lowest BCUT2D eigenvalue weighted by atomic mass is 9.92. The molecular formula is C16H22N4O2S2. The summed E-state index contributed by atoms with van der Waals surface area (Å²) in [6, 6.07) is 3.76. The molecule has 8 heteroatoms. The number of aromatic nitrogens is 2. The van der Waals surface area contributed by atoms with Crippen molar-refractivity contribution in [2.24, 2.45) is 11.8 Å². The zero-order valence-corrected chi connectivity index (χ0v) is 15.5. The van der Waals surface area contributed by atoms with Crippen molar-refractivity contribution in [3.8, 4) is 0 Å². The lowest BCUT2D eigenvalue weighted by Crippen LogP contribution is -2.43. The third-order valence-electron chi connectivity index (χ3n) is 3.94. The Morgan fingerprint density at radius 3 is 2.92 bits per heavy atom. The summed E-state index contributed by atoms with van der Waals surface area (Å²) < 4.78 is 6.07. The van der Waals surface area contributed by atoms with E-state index >= 15 is 0 Å². The first-order chi connectivity index (χ1) is 11.6. The highest BCUT2D eigenvalue weighted by Gasteiger charge is 2.25. The fraction of sp³-hybridized carbons (Fsp3) is 0.562. The van der Waals surface area contributed by atoms with Crippen LogP contribution in [-0.4, -0.2) is 39.8 Å². The minimum atomic E-state index is 0.193. The Morgan fingerprint density at radius 2 is 2.21 bits per heavy atom. The quantitative estimate of drug-likeness (QED) is 0.791. The maximum Gasteiger partial charge on any atom is 0.233 e. The number of piperidine rings is 1. The number of anilines is 1. The van der Waals surface area contributed by atoms with Crippen LogP contribution in [-0.2, 0) is 11.3 Å². The van der Waals surface area contributed by atoms with Crippen LogP contribution in [0.2, 0.25) is 0 Å². The maximum atomic E-state index is 12.4. The van der Waals surface area contributed by atoms with Crippen LogP contribution < -0.4 is 5.32 Å². The molecule has 3 rings (SSSR count). The summed E-state index contributed by atoms with van der Waals surface area (Å²) in [5, 5.41) is 12.1. The van der Waals surface area contributed by atoms with Crippen molar-refractivity contribution < 1.29 is 9.21 Å². The van der Waals surface area contributed by atoms with Gasteiger partial charge in [-0.1, -0.05) is 36.9 Å². The standard InChI is InChI=1S/C16H22N4O2S2/c1-11-6-12(2)9-20(8-11)14(21)10-23-16-19-18-15(24-16)17-7-13-4-3-5-22-13/h3-5,11-12H,6-10H2,1-2H3,(H,17,18). The number of carbonyl (C=O) groups excluding carboxylic acids is 1. The van der Waals surface area contributed by atoms with Gasteiger partial charge in [-0.05, 0) is 30.4 Å². The fourth-order valence-electron chi connectivity index (χ4n) is 3.00. The molecular weight excluding hydrogens is 344 g/mol. The van der Waals surface area contributed by atoms with Gasteiger partial charge in [0, 0.05) is 13.1 Å². The molecule has 3 heterocycles. The molecule has 0 aliphatic carbocycles. The number of rotatable bonds is 6. The van der Waals surface area contributed by atoms with E-state index in [1.54, 1.807) is 6.26 Å². The average molecular weight is 367 g/mol. The van der Waals surface area contributed by atoms with Crippen molar-refractivity contribution in [3.63, 3.8) is 0 Å². The van der Waals surface area contributed by atoms with Crippen molar-refractivity contribution >= 4 is 34.1 Å². The van der Waals surface area contributed by atoms with Crippen LogP contribution in [0, 0.1) is 11.8 Å². The van der Waals surface area contributed by atoms with Gasteiger partial charge in [0.1, 0.15) is 5.76 Å². The molecule has 1 fully saturated rings. The number of thioether (sulfide) groups is 1. The first-order valence-electron chi connectivity index (χ1n) is 8.10. The van der Waals surface area contributed by atoms with Crippen LogP contribution in [0.1, 0.15) is 26.0 Å². The SMILES string of the molecule is CC1CC(C)CN(C(=O)CSc2nnc(NCc3ccco3)s2)C1. The van der Waals surface area contributed by atoms with Gasteiger partial charge in [-0.3, -0.25) is 4.79 Å². The summed E-state index contributed by atoms with van der Waals surface area (Å²) in [4.78, 5) is 14.4. The van der Waals surface area contributed by atoms with Gasteiger partial charge < -0.3 is 14.6 Å². The molecule has 0 radical (unpaired) electrons. The highest BCUT2D eigenvalue weighted by Crippen LogP contribution is 2.27. The van der Waals surface area contributed by atoms with E-state index in [0.717, 1.165) is 28.3 Å².